The minimum atomic E-state index is 0.445. The Kier molecular flexibility index (Phi) is 4.55. The highest BCUT2D eigenvalue weighted by molar-refractivity contribution is 8.34. The first-order valence-corrected chi connectivity index (χ1v) is 12.3. The molecule has 4 rings (SSSR count). The van der Waals surface area contributed by atoms with Crippen molar-refractivity contribution in [2.24, 2.45) is 22.7 Å². The number of hydrogen-bond donors (Lipinski definition) is 0. The normalized spacial score (nSPS) is 26.2. The van der Waals surface area contributed by atoms with Crippen molar-refractivity contribution in [1.29, 1.82) is 0 Å². The highest BCUT2D eigenvalue weighted by atomic mass is 32.2. The molecule has 2 aliphatic heterocycles. The molecule has 132 valence electrons. The molecule has 0 fully saturated rings. The summed E-state index contributed by atoms with van der Waals surface area (Å²) in [5.41, 5.74) is 0.890. The largest absolute Gasteiger partial charge is 0.0846 e. The van der Waals surface area contributed by atoms with Crippen LogP contribution in [0, 0.1) is 22.7 Å². The van der Waals surface area contributed by atoms with Gasteiger partial charge in [-0.1, -0.05) is 88.6 Å². The molecule has 0 saturated heterocycles. The lowest BCUT2D eigenvalue weighted by Gasteiger charge is -2.28. The van der Waals surface area contributed by atoms with Gasteiger partial charge in [-0.15, -0.1) is 0 Å². The Morgan fingerprint density at radius 1 is 0.542 bits per heavy atom. The second-order valence-electron chi connectivity index (χ2n) is 9.62. The highest BCUT2D eigenvalue weighted by Gasteiger charge is 2.41. The predicted molar refractivity (Wildman–Crippen MR) is 116 cm³/mol. The van der Waals surface area contributed by atoms with Gasteiger partial charge in [-0.05, 0) is 48.3 Å². The Morgan fingerprint density at radius 3 is 1.00 bits per heavy atom. The van der Waals surface area contributed by atoms with Crippen LogP contribution in [0.5, 0.6) is 0 Å². The van der Waals surface area contributed by atoms with Gasteiger partial charge in [0, 0.05) is 19.6 Å². The maximum Gasteiger partial charge on any atom is 0.0700 e. The van der Waals surface area contributed by atoms with Crippen LogP contribution in [0.1, 0.15) is 67.2 Å². The number of rotatable bonds is 0. The molecule has 0 aromatic heterocycles. The van der Waals surface area contributed by atoms with Crippen LogP contribution in [0.25, 0.3) is 0 Å². The fourth-order valence-corrected chi connectivity index (χ4v) is 9.97. The molecule has 0 aromatic carbocycles. The average molecular weight is 397 g/mol. The van der Waals surface area contributed by atoms with Crippen LogP contribution in [0.2, 0.25) is 0 Å². The van der Waals surface area contributed by atoms with Crippen LogP contribution in [-0.4, -0.2) is 0 Å². The van der Waals surface area contributed by atoms with Crippen molar-refractivity contribution >= 4 is 47.0 Å². The molecule has 4 aliphatic rings. The van der Waals surface area contributed by atoms with E-state index in [4.69, 9.17) is 0 Å². The molecule has 0 nitrogen and oxygen atoms in total. The highest BCUT2D eigenvalue weighted by Crippen LogP contribution is 2.67. The van der Waals surface area contributed by atoms with Gasteiger partial charge in [0.05, 0.1) is 8.47 Å². The maximum absolute atomic E-state index is 2.40. The molecule has 0 aromatic rings. The van der Waals surface area contributed by atoms with Gasteiger partial charge in [0.25, 0.3) is 0 Å². The van der Waals surface area contributed by atoms with Crippen molar-refractivity contribution in [2.45, 2.75) is 67.2 Å². The summed E-state index contributed by atoms with van der Waals surface area (Å²) >= 11 is 8.39. The van der Waals surface area contributed by atoms with Crippen molar-refractivity contribution in [3.63, 3.8) is 0 Å². The lowest BCUT2D eigenvalue weighted by atomic mass is 9.79. The van der Waals surface area contributed by atoms with Crippen molar-refractivity contribution in [3.05, 3.63) is 28.1 Å². The third-order valence-electron chi connectivity index (χ3n) is 5.83. The Bertz CT molecular complexity index is 569. The zero-order chi connectivity index (χ0) is 17.3. The summed E-state index contributed by atoms with van der Waals surface area (Å²) in [7, 11) is 0. The molecular formula is C20H28S4. The van der Waals surface area contributed by atoms with E-state index in [1.54, 1.807) is 28.1 Å². The van der Waals surface area contributed by atoms with Crippen LogP contribution in [0.15, 0.2) is 28.1 Å². The topological polar surface area (TPSA) is 0 Å². The predicted octanol–water partition coefficient (Wildman–Crippen LogP) is 8.41. The third kappa shape index (κ3) is 3.30. The standard InChI is InChI=1S/C20H28S4/c1-19(2,3)11-7-13-14(8-11)22-17(21-13)18-23-15-9-12(20(4,5)6)10-16(15)24-18/h11-12H,7-10H2,1-6H3. The van der Waals surface area contributed by atoms with Crippen molar-refractivity contribution < 1.29 is 0 Å². The minimum Gasteiger partial charge on any atom is -0.0846 e. The third-order valence-corrected chi connectivity index (χ3v) is 11.8. The van der Waals surface area contributed by atoms with Crippen LogP contribution in [0.3, 0.4) is 0 Å². The summed E-state index contributed by atoms with van der Waals surface area (Å²) in [5, 5.41) is 0. The first-order valence-electron chi connectivity index (χ1n) is 9.01. The van der Waals surface area contributed by atoms with Gasteiger partial charge in [0.2, 0.25) is 0 Å². The van der Waals surface area contributed by atoms with Gasteiger partial charge in [-0.2, -0.15) is 0 Å². The van der Waals surface area contributed by atoms with Gasteiger partial charge in [0.15, 0.2) is 0 Å². The van der Waals surface area contributed by atoms with Crippen molar-refractivity contribution in [2.75, 3.05) is 0 Å². The molecule has 0 unspecified atom stereocenters. The van der Waals surface area contributed by atoms with E-state index in [9.17, 15) is 0 Å². The quantitative estimate of drug-likeness (QED) is 0.403. The molecule has 2 heterocycles. The average Bonchev–Trinajstić information content (AvgIpc) is 3.12. The first kappa shape index (κ1) is 18.0. The summed E-state index contributed by atoms with van der Waals surface area (Å²) in [6.45, 7) is 14.4. The second-order valence-corrected chi connectivity index (χ2v) is 14.6. The van der Waals surface area contributed by atoms with E-state index in [0.717, 1.165) is 11.8 Å². The van der Waals surface area contributed by atoms with Crippen LogP contribution >= 0.6 is 47.0 Å². The Balaban J connectivity index is 1.39. The number of thioether (sulfide) groups is 4. The van der Waals surface area contributed by atoms with E-state index in [1.165, 1.54) is 25.7 Å². The molecule has 0 saturated carbocycles. The van der Waals surface area contributed by atoms with E-state index < -0.39 is 0 Å². The van der Waals surface area contributed by atoms with Gasteiger partial charge in [-0.3, -0.25) is 0 Å². The van der Waals surface area contributed by atoms with E-state index in [-0.39, 0.29) is 0 Å². The first-order chi connectivity index (χ1) is 11.1. The maximum atomic E-state index is 2.40. The molecule has 0 atom stereocenters. The summed E-state index contributed by atoms with van der Waals surface area (Å²) in [4.78, 5) is 6.73. The monoisotopic (exact) mass is 396 g/mol. The van der Waals surface area contributed by atoms with E-state index in [2.05, 4.69) is 88.6 Å². The van der Waals surface area contributed by atoms with Crippen LogP contribution in [-0.2, 0) is 0 Å². The van der Waals surface area contributed by atoms with Crippen molar-refractivity contribution in [3.8, 4) is 0 Å². The summed E-state index contributed by atoms with van der Waals surface area (Å²) in [6, 6.07) is 0. The smallest absolute Gasteiger partial charge is 0.0700 e. The van der Waals surface area contributed by atoms with E-state index >= 15 is 0 Å². The zero-order valence-corrected chi connectivity index (χ0v) is 18.9. The molecule has 2 aliphatic carbocycles. The van der Waals surface area contributed by atoms with Gasteiger partial charge >= 0.3 is 0 Å². The second kappa shape index (κ2) is 6.07. The molecular weight excluding hydrogens is 368 g/mol. The SMILES string of the molecule is CC(C)(C)C1CC2=C(C1)SC(=C1SC3=C(CC(C(C)(C)C)C3)S1)S2. The summed E-state index contributed by atoms with van der Waals surface area (Å²) in [6.07, 6.45) is 5.23. The molecule has 0 radical (unpaired) electrons. The van der Waals surface area contributed by atoms with Crippen molar-refractivity contribution in [1.82, 2.24) is 0 Å². The lowest BCUT2D eigenvalue weighted by Crippen LogP contribution is -2.18. The fraction of sp³-hybridized carbons (Fsp3) is 0.700. The van der Waals surface area contributed by atoms with E-state index in [0.29, 0.717) is 10.8 Å². The van der Waals surface area contributed by atoms with Crippen LogP contribution < -0.4 is 0 Å². The Hall–Kier alpha value is 0.620. The number of hydrogen-bond acceptors (Lipinski definition) is 4. The molecule has 4 heteroatoms. The Morgan fingerprint density at radius 2 is 0.792 bits per heavy atom. The molecule has 0 amide bonds. The van der Waals surface area contributed by atoms with Gasteiger partial charge in [0.1, 0.15) is 0 Å². The minimum absolute atomic E-state index is 0.445. The van der Waals surface area contributed by atoms with Gasteiger partial charge in [-0.25, -0.2) is 0 Å². The molecule has 24 heavy (non-hydrogen) atoms. The molecule has 0 spiro atoms. The lowest BCUT2D eigenvalue weighted by molar-refractivity contribution is 0.252. The summed E-state index contributed by atoms with van der Waals surface area (Å²) in [5.74, 6) is 1.68. The number of allylic oxidation sites excluding steroid dienone is 4. The van der Waals surface area contributed by atoms with Crippen LogP contribution in [0.4, 0.5) is 0 Å². The summed E-state index contributed by atoms with van der Waals surface area (Å²) < 4.78 is 3.17. The van der Waals surface area contributed by atoms with Gasteiger partial charge < -0.3 is 0 Å². The zero-order valence-electron chi connectivity index (χ0n) is 15.6. The Labute approximate surface area is 164 Å². The molecule has 0 bridgehead atoms. The van der Waals surface area contributed by atoms with E-state index in [1.807, 2.05) is 0 Å². The fourth-order valence-electron chi connectivity index (χ4n) is 3.77. The molecule has 0 N–H and O–H groups in total.